The van der Waals surface area contributed by atoms with Crippen LogP contribution in [0.25, 0.3) is 11.1 Å². The fourth-order valence-electron chi connectivity index (χ4n) is 3.72. The van der Waals surface area contributed by atoms with Gasteiger partial charge in [-0.15, -0.1) is 0 Å². The summed E-state index contributed by atoms with van der Waals surface area (Å²) < 4.78 is 65.2. The Labute approximate surface area is 194 Å². The summed E-state index contributed by atoms with van der Waals surface area (Å²) in [6.45, 7) is 1.01. The predicted molar refractivity (Wildman–Crippen MR) is 117 cm³/mol. The van der Waals surface area contributed by atoms with E-state index >= 15 is 0 Å². The number of nitrogens with zero attached hydrogens (tertiary/aromatic N) is 3. The molecule has 1 amide bonds. The van der Waals surface area contributed by atoms with E-state index in [0.717, 1.165) is 6.20 Å². The average Bonchev–Trinajstić information content (AvgIpc) is 3.23. The first-order valence-electron chi connectivity index (χ1n) is 10.4. The lowest BCUT2D eigenvalue weighted by Gasteiger charge is -2.20. The molecule has 1 aliphatic rings. The molecule has 4 bridgehead atoms. The molecule has 0 spiro atoms. The molecule has 0 unspecified atom stereocenters. The van der Waals surface area contributed by atoms with Crippen molar-refractivity contribution in [3.63, 3.8) is 0 Å². The molecule has 0 radical (unpaired) electrons. The van der Waals surface area contributed by atoms with Crippen LogP contribution in [0, 0.1) is 0 Å². The van der Waals surface area contributed by atoms with E-state index < -0.39 is 22.5 Å². The van der Waals surface area contributed by atoms with Crippen molar-refractivity contribution in [3.8, 4) is 22.8 Å². The van der Waals surface area contributed by atoms with Gasteiger partial charge in [0.15, 0.2) is 0 Å². The van der Waals surface area contributed by atoms with Gasteiger partial charge in [0.05, 0.1) is 19.2 Å². The van der Waals surface area contributed by atoms with Gasteiger partial charge in [-0.05, 0) is 46.4 Å². The summed E-state index contributed by atoms with van der Waals surface area (Å²) in [4.78, 5) is 16.9. The number of fused-ring (bicyclic) bond motifs is 6. The number of rotatable bonds is 3. The molecule has 0 atom stereocenters. The van der Waals surface area contributed by atoms with E-state index in [0.29, 0.717) is 22.3 Å². The zero-order chi connectivity index (χ0) is 24.5. The van der Waals surface area contributed by atoms with Crippen molar-refractivity contribution >= 4 is 15.9 Å². The van der Waals surface area contributed by atoms with E-state index in [-0.39, 0.29) is 42.0 Å². The SMILES string of the molecule is CC(C)c1cc(OC(F)F)cc2c1CC(=O)NS(=O)(=O)c1cnn(c1)CCOc1cc-2ccn1. The lowest BCUT2D eigenvalue weighted by atomic mass is 9.88. The molecule has 3 aromatic rings. The fourth-order valence-corrected chi connectivity index (χ4v) is 4.65. The van der Waals surface area contributed by atoms with E-state index in [9.17, 15) is 22.0 Å². The van der Waals surface area contributed by atoms with E-state index in [4.69, 9.17) is 4.74 Å². The third-order valence-corrected chi connectivity index (χ3v) is 6.55. The zero-order valence-electron chi connectivity index (χ0n) is 18.4. The number of sulfonamides is 1. The summed E-state index contributed by atoms with van der Waals surface area (Å²) >= 11 is 0. The summed E-state index contributed by atoms with van der Waals surface area (Å²) in [7, 11) is -4.16. The van der Waals surface area contributed by atoms with Gasteiger partial charge in [0, 0.05) is 18.5 Å². The number of ether oxygens (including phenoxy) is 2. The van der Waals surface area contributed by atoms with Crippen LogP contribution in [0.2, 0.25) is 0 Å². The Morgan fingerprint density at radius 1 is 1.24 bits per heavy atom. The highest BCUT2D eigenvalue weighted by Gasteiger charge is 2.24. The second kappa shape index (κ2) is 9.37. The monoisotopic (exact) mass is 492 g/mol. The van der Waals surface area contributed by atoms with Crippen LogP contribution in [0.4, 0.5) is 8.78 Å². The molecule has 0 fully saturated rings. The van der Waals surface area contributed by atoms with Crippen molar-refractivity contribution in [2.24, 2.45) is 0 Å². The minimum absolute atomic E-state index is 0.0749. The van der Waals surface area contributed by atoms with Crippen molar-refractivity contribution in [2.75, 3.05) is 6.61 Å². The van der Waals surface area contributed by atoms with Crippen molar-refractivity contribution in [3.05, 3.63) is 54.0 Å². The largest absolute Gasteiger partial charge is 0.476 e. The highest BCUT2D eigenvalue weighted by Crippen LogP contribution is 2.36. The summed E-state index contributed by atoms with van der Waals surface area (Å²) in [6, 6.07) is 6.11. The maximum atomic E-state index is 13.0. The zero-order valence-corrected chi connectivity index (χ0v) is 19.2. The molecule has 9 nitrogen and oxygen atoms in total. The summed E-state index contributed by atoms with van der Waals surface area (Å²) in [5, 5.41) is 4.00. The Balaban J connectivity index is 1.88. The minimum Gasteiger partial charge on any atom is -0.476 e. The molecule has 4 rings (SSSR count). The number of carbonyl (C=O) groups is 1. The number of aromatic nitrogens is 3. The summed E-state index contributed by atoms with van der Waals surface area (Å²) in [5.74, 6) is -0.765. The Hall–Kier alpha value is -3.54. The third kappa shape index (κ3) is 5.16. The van der Waals surface area contributed by atoms with E-state index in [2.05, 4.69) is 19.5 Å². The van der Waals surface area contributed by atoms with Crippen LogP contribution in [0.15, 0.2) is 47.8 Å². The van der Waals surface area contributed by atoms with Crippen LogP contribution in [-0.4, -0.2) is 42.3 Å². The smallest absolute Gasteiger partial charge is 0.387 e. The van der Waals surface area contributed by atoms with Gasteiger partial charge in [-0.1, -0.05) is 13.8 Å². The van der Waals surface area contributed by atoms with Crippen LogP contribution in [0.5, 0.6) is 11.6 Å². The number of halogens is 2. The molecule has 1 aliphatic heterocycles. The molecule has 0 saturated carbocycles. The molecule has 12 heteroatoms. The lowest BCUT2D eigenvalue weighted by molar-refractivity contribution is -0.118. The predicted octanol–water partition coefficient (Wildman–Crippen LogP) is 3.11. The van der Waals surface area contributed by atoms with Gasteiger partial charge in [-0.25, -0.2) is 18.1 Å². The molecule has 0 saturated heterocycles. The number of benzene rings is 1. The number of amides is 1. The standard InChI is InChI=1S/C22H22F2N4O5S/c1-13(2)17-8-15(33-22(23)24)9-18-14-3-4-25-21(7-14)32-6-5-28-12-16(11-26-28)34(30,31)27-20(29)10-19(17)18/h3-4,7-9,11-13,22H,5-6,10H2,1-2H3,(H,27,29). The Morgan fingerprint density at radius 2 is 2.03 bits per heavy atom. The highest BCUT2D eigenvalue weighted by atomic mass is 32.2. The second-order valence-corrected chi connectivity index (χ2v) is 9.63. The van der Waals surface area contributed by atoms with Crippen LogP contribution >= 0.6 is 0 Å². The average molecular weight is 493 g/mol. The number of hydrogen-bond acceptors (Lipinski definition) is 7. The third-order valence-electron chi connectivity index (χ3n) is 5.23. The van der Waals surface area contributed by atoms with Crippen molar-refractivity contribution in [1.29, 1.82) is 0 Å². The van der Waals surface area contributed by atoms with Gasteiger partial charge in [0.1, 0.15) is 17.3 Å². The summed E-state index contributed by atoms with van der Waals surface area (Å²) in [5.41, 5.74) is 2.03. The topological polar surface area (TPSA) is 112 Å². The first-order chi connectivity index (χ1) is 16.1. The fraction of sp³-hybridized carbons (Fsp3) is 0.318. The number of nitrogens with one attached hydrogen (secondary N) is 1. The number of alkyl halides is 2. The van der Waals surface area contributed by atoms with Crippen molar-refractivity contribution < 1.29 is 31.5 Å². The lowest BCUT2D eigenvalue weighted by Crippen LogP contribution is -2.32. The van der Waals surface area contributed by atoms with E-state index in [1.807, 2.05) is 13.8 Å². The highest BCUT2D eigenvalue weighted by molar-refractivity contribution is 7.90. The molecular weight excluding hydrogens is 470 g/mol. The van der Waals surface area contributed by atoms with Crippen LogP contribution in [-0.2, 0) is 27.8 Å². The van der Waals surface area contributed by atoms with Gasteiger partial charge in [-0.2, -0.15) is 13.9 Å². The molecule has 1 N–H and O–H groups in total. The van der Waals surface area contributed by atoms with Crippen LogP contribution in [0.3, 0.4) is 0 Å². The molecule has 1 aromatic carbocycles. The number of carbonyl (C=O) groups excluding carboxylic acids is 1. The van der Waals surface area contributed by atoms with Crippen molar-refractivity contribution in [2.45, 2.75) is 44.2 Å². The quantitative estimate of drug-likeness (QED) is 0.598. The molecule has 0 aliphatic carbocycles. The van der Waals surface area contributed by atoms with Crippen LogP contribution < -0.4 is 14.2 Å². The van der Waals surface area contributed by atoms with Gasteiger partial charge < -0.3 is 9.47 Å². The van der Waals surface area contributed by atoms with Gasteiger partial charge >= 0.3 is 6.61 Å². The molecule has 180 valence electrons. The van der Waals surface area contributed by atoms with Gasteiger partial charge in [0.2, 0.25) is 11.8 Å². The van der Waals surface area contributed by atoms with E-state index in [1.54, 1.807) is 12.1 Å². The Bertz CT molecular complexity index is 1320. The first kappa shape index (κ1) is 23.6. The number of hydrogen-bond donors (Lipinski definition) is 1. The Morgan fingerprint density at radius 3 is 2.76 bits per heavy atom. The molecule has 34 heavy (non-hydrogen) atoms. The molecule has 2 aromatic heterocycles. The van der Waals surface area contributed by atoms with Crippen LogP contribution in [0.1, 0.15) is 30.9 Å². The summed E-state index contributed by atoms with van der Waals surface area (Å²) in [6.07, 6.45) is 3.62. The van der Waals surface area contributed by atoms with Gasteiger partial charge in [-0.3, -0.25) is 9.48 Å². The van der Waals surface area contributed by atoms with Crippen molar-refractivity contribution in [1.82, 2.24) is 19.5 Å². The first-order valence-corrected chi connectivity index (χ1v) is 11.9. The number of pyridine rings is 1. The Kier molecular flexibility index (Phi) is 6.51. The molecule has 3 heterocycles. The maximum Gasteiger partial charge on any atom is 0.387 e. The normalized spacial score (nSPS) is 15.6. The van der Waals surface area contributed by atoms with E-state index in [1.165, 1.54) is 29.2 Å². The minimum atomic E-state index is -4.16. The maximum absolute atomic E-state index is 13.0. The second-order valence-electron chi connectivity index (χ2n) is 7.95. The van der Waals surface area contributed by atoms with Gasteiger partial charge in [0.25, 0.3) is 10.0 Å². The molecular formula is C22H22F2N4O5S.